The van der Waals surface area contributed by atoms with Crippen LogP contribution in [-0.2, 0) is 27.7 Å². The lowest BCUT2D eigenvalue weighted by molar-refractivity contribution is 0.187. The second kappa shape index (κ2) is 6.62. The number of aryl methyl sites for hydroxylation is 1. The topological polar surface area (TPSA) is 102 Å². The number of carbonyl (C=O) groups excluding carboxylic acids is 1. The zero-order chi connectivity index (χ0) is 17.2. The number of carbonyl (C=O) groups is 1. The van der Waals surface area contributed by atoms with Crippen LogP contribution >= 0.6 is 0 Å². The highest BCUT2D eigenvalue weighted by Crippen LogP contribution is 2.18. The van der Waals surface area contributed by atoms with Crippen LogP contribution in [0, 0.1) is 0 Å². The van der Waals surface area contributed by atoms with Gasteiger partial charge in [0.05, 0.1) is 12.0 Å². The Morgan fingerprint density at radius 1 is 1.29 bits per heavy atom. The van der Waals surface area contributed by atoms with Crippen LogP contribution in [0.5, 0.6) is 0 Å². The van der Waals surface area contributed by atoms with Crippen molar-refractivity contribution in [1.82, 2.24) is 14.5 Å². The van der Waals surface area contributed by atoms with Crippen molar-refractivity contribution in [1.29, 1.82) is 0 Å². The maximum Gasteiger partial charge on any atom is 0.411 e. The van der Waals surface area contributed by atoms with Gasteiger partial charge in [0, 0.05) is 36.6 Å². The van der Waals surface area contributed by atoms with Crippen molar-refractivity contribution in [2.45, 2.75) is 30.3 Å². The van der Waals surface area contributed by atoms with Crippen LogP contribution in [0.2, 0.25) is 0 Å². The predicted octanol–water partition coefficient (Wildman–Crippen LogP) is 1.35. The van der Waals surface area contributed by atoms with Gasteiger partial charge in [0.1, 0.15) is 0 Å². The number of rotatable bonds is 4. The van der Waals surface area contributed by atoms with Gasteiger partial charge in [-0.3, -0.25) is 10.00 Å². The highest BCUT2D eigenvalue weighted by atomic mass is 32.2. The van der Waals surface area contributed by atoms with Crippen molar-refractivity contribution in [3.63, 3.8) is 0 Å². The number of aromatic nitrogens is 2. The Bertz CT molecular complexity index is 829. The first-order valence-corrected chi connectivity index (χ1v) is 8.94. The third-order valence-electron chi connectivity index (χ3n) is 3.87. The standard InChI is InChI=1S/C15H18N4O4S/c1-23-15(20)17-11-2-4-14(5-3-11)24(21,22)18-12-7-9-19-13(10-12)6-8-16-19/h2-6,8,12,18H,7,9-10H2,1H3,(H,17,20)/t12-/m1/s1. The molecule has 2 aromatic rings. The number of fused-ring (bicyclic) bond motifs is 1. The SMILES string of the molecule is COC(=O)Nc1ccc(S(=O)(=O)N[C@@H]2CCn3nccc3C2)cc1. The lowest BCUT2D eigenvalue weighted by atomic mass is 10.1. The quantitative estimate of drug-likeness (QED) is 0.867. The van der Waals surface area contributed by atoms with E-state index >= 15 is 0 Å². The average Bonchev–Trinajstić information content (AvgIpc) is 3.02. The van der Waals surface area contributed by atoms with Crippen molar-refractivity contribution in [3.8, 4) is 0 Å². The molecule has 1 atom stereocenters. The van der Waals surface area contributed by atoms with Crippen molar-refractivity contribution in [3.05, 3.63) is 42.2 Å². The average molecular weight is 350 g/mol. The summed E-state index contributed by atoms with van der Waals surface area (Å²) in [7, 11) is -2.36. The summed E-state index contributed by atoms with van der Waals surface area (Å²) in [6.45, 7) is 0.692. The Morgan fingerprint density at radius 3 is 2.75 bits per heavy atom. The van der Waals surface area contributed by atoms with Crippen molar-refractivity contribution < 1.29 is 17.9 Å². The van der Waals surface area contributed by atoms with Gasteiger partial charge < -0.3 is 4.74 Å². The van der Waals surface area contributed by atoms with Crippen molar-refractivity contribution in [2.75, 3.05) is 12.4 Å². The van der Waals surface area contributed by atoms with Crippen LogP contribution in [0.15, 0.2) is 41.4 Å². The number of benzene rings is 1. The molecular weight excluding hydrogens is 332 g/mol. The van der Waals surface area contributed by atoms with Crippen LogP contribution < -0.4 is 10.0 Å². The van der Waals surface area contributed by atoms with Crippen molar-refractivity contribution >= 4 is 21.8 Å². The molecule has 0 aliphatic carbocycles. The van der Waals surface area contributed by atoms with Gasteiger partial charge in [-0.1, -0.05) is 0 Å². The molecule has 0 bridgehead atoms. The molecule has 128 valence electrons. The summed E-state index contributed by atoms with van der Waals surface area (Å²) < 4.78 is 34.1. The Morgan fingerprint density at radius 2 is 2.04 bits per heavy atom. The molecule has 9 heteroatoms. The number of hydrogen-bond acceptors (Lipinski definition) is 5. The van der Waals surface area contributed by atoms with Crippen LogP contribution in [0.4, 0.5) is 10.5 Å². The maximum atomic E-state index is 12.5. The molecule has 8 nitrogen and oxygen atoms in total. The fourth-order valence-corrected chi connectivity index (χ4v) is 3.91. The third-order valence-corrected chi connectivity index (χ3v) is 5.40. The Kier molecular flexibility index (Phi) is 4.54. The molecule has 0 saturated carbocycles. The molecule has 2 heterocycles. The van der Waals surface area contributed by atoms with E-state index in [4.69, 9.17) is 0 Å². The van der Waals surface area contributed by atoms with Gasteiger partial charge in [0.25, 0.3) is 0 Å². The molecule has 1 aliphatic rings. The van der Waals surface area contributed by atoms with Crippen LogP contribution in [-0.4, -0.2) is 37.4 Å². The highest BCUT2D eigenvalue weighted by molar-refractivity contribution is 7.89. The van der Waals surface area contributed by atoms with Gasteiger partial charge in [0.15, 0.2) is 0 Å². The largest absolute Gasteiger partial charge is 0.453 e. The number of hydrogen-bond donors (Lipinski definition) is 2. The van der Waals surface area contributed by atoms with E-state index in [0.29, 0.717) is 25.1 Å². The highest BCUT2D eigenvalue weighted by Gasteiger charge is 2.24. The molecular formula is C15H18N4O4S. The molecule has 1 amide bonds. The fraction of sp³-hybridized carbons (Fsp3) is 0.333. The lowest BCUT2D eigenvalue weighted by Gasteiger charge is -2.24. The molecule has 0 saturated heterocycles. The number of ether oxygens (including phenoxy) is 1. The summed E-state index contributed by atoms with van der Waals surface area (Å²) in [6, 6.07) is 7.66. The molecule has 0 fully saturated rings. The monoisotopic (exact) mass is 350 g/mol. The minimum atomic E-state index is -3.62. The molecule has 0 radical (unpaired) electrons. The Labute approximate surface area is 139 Å². The summed E-state index contributed by atoms with van der Waals surface area (Å²) in [5.41, 5.74) is 1.48. The first-order chi connectivity index (χ1) is 11.5. The molecule has 1 aromatic carbocycles. The number of nitrogens with zero attached hydrogens (tertiary/aromatic N) is 2. The number of methoxy groups -OCH3 is 1. The van der Waals surface area contributed by atoms with E-state index in [1.54, 1.807) is 6.20 Å². The minimum absolute atomic E-state index is 0.150. The van der Waals surface area contributed by atoms with Crippen LogP contribution in [0.25, 0.3) is 0 Å². The van der Waals surface area contributed by atoms with E-state index in [2.05, 4.69) is 19.9 Å². The lowest BCUT2D eigenvalue weighted by Crippen LogP contribution is -2.40. The predicted molar refractivity (Wildman–Crippen MR) is 87.1 cm³/mol. The number of sulfonamides is 1. The van der Waals surface area contributed by atoms with Crippen LogP contribution in [0.1, 0.15) is 12.1 Å². The minimum Gasteiger partial charge on any atom is -0.453 e. The summed E-state index contributed by atoms with van der Waals surface area (Å²) >= 11 is 0. The number of anilines is 1. The molecule has 0 spiro atoms. The zero-order valence-corrected chi connectivity index (χ0v) is 13.9. The van der Waals surface area contributed by atoms with Crippen molar-refractivity contribution in [2.24, 2.45) is 0 Å². The molecule has 1 aromatic heterocycles. The molecule has 2 N–H and O–H groups in total. The second-order valence-corrected chi connectivity index (χ2v) is 7.21. The Hall–Kier alpha value is -2.39. The summed E-state index contributed by atoms with van der Waals surface area (Å²) in [5, 5.41) is 6.65. The van der Waals surface area contributed by atoms with E-state index < -0.39 is 16.1 Å². The third kappa shape index (κ3) is 3.57. The van der Waals surface area contributed by atoms with E-state index in [1.165, 1.54) is 31.4 Å². The number of amides is 1. The summed E-state index contributed by atoms with van der Waals surface area (Å²) in [4.78, 5) is 11.3. The van der Waals surface area contributed by atoms with E-state index in [-0.39, 0.29) is 10.9 Å². The molecule has 1 aliphatic heterocycles. The Balaban J connectivity index is 1.68. The van der Waals surface area contributed by atoms with E-state index in [9.17, 15) is 13.2 Å². The smallest absolute Gasteiger partial charge is 0.411 e. The van der Waals surface area contributed by atoms with Gasteiger partial charge in [-0.15, -0.1) is 0 Å². The first-order valence-electron chi connectivity index (χ1n) is 7.46. The van der Waals surface area contributed by atoms with Gasteiger partial charge in [-0.05, 0) is 36.8 Å². The number of nitrogens with one attached hydrogen (secondary N) is 2. The van der Waals surface area contributed by atoms with Gasteiger partial charge >= 0.3 is 6.09 Å². The summed E-state index contributed by atoms with van der Waals surface area (Å²) in [5.74, 6) is 0. The molecule has 24 heavy (non-hydrogen) atoms. The van der Waals surface area contributed by atoms with Crippen LogP contribution in [0.3, 0.4) is 0 Å². The maximum absolute atomic E-state index is 12.5. The normalized spacial score (nSPS) is 17.1. The van der Waals surface area contributed by atoms with Gasteiger partial charge in [-0.2, -0.15) is 5.10 Å². The van der Waals surface area contributed by atoms with Gasteiger partial charge in [0.2, 0.25) is 10.0 Å². The zero-order valence-electron chi connectivity index (χ0n) is 13.1. The second-order valence-electron chi connectivity index (χ2n) is 5.50. The first kappa shape index (κ1) is 16.5. The summed E-state index contributed by atoms with van der Waals surface area (Å²) in [6.07, 6.45) is 2.42. The molecule has 3 rings (SSSR count). The molecule has 0 unspecified atom stereocenters. The fourth-order valence-electron chi connectivity index (χ4n) is 2.64. The van der Waals surface area contributed by atoms with E-state index in [1.807, 2.05) is 10.7 Å². The van der Waals surface area contributed by atoms with E-state index in [0.717, 1.165) is 5.69 Å². The van der Waals surface area contributed by atoms with Gasteiger partial charge in [-0.25, -0.2) is 17.9 Å².